The van der Waals surface area contributed by atoms with Crippen molar-refractivity contribution < 1.29 is 4.74 Å². The van der Waals surface area contributed by atoms with E-state index in [9.17, 15) is 0 Å². The molecule has 1 aliphatic rings. The number of piperidine rings is 1. The summed E-state index contributed by atoms with van der Waals surface area (Å²) >= 11 is 0. The van der Waals surface area contributed by atoms with E-state index < -0.39 is 0 Å². The van der Waals surface area contributed by atoms with E-state index in [0.717, 1.165) is 26.2 Å². The summed E-state index contributed by atoms with van der Waals surface area (Å²) in [5, 5.41) is 3.39. The fraction of sp³-hybridized carbons (Fsp3) is 0.467. The van der Waals surface area contributed by atoms with Crippen LogP contribution in [0.2, 0.25) is 0 Å². The fourth-order valence-electron chi connectivity index (χ4n) is 2.06. The van der Waals surface area contributed by atoms with Gasteiger partial charge in [-0.05, 0) is 31.4 Å². The van der Waals surface area contributed by atoms with Gasteiger partial charge in [0.1, 0.15) is 0 Å². The Morgan fingerprint density at radius 3 is 2.88 bits per heavy atom. The standard InChI is InChI=1S/C15H21NO/c1-2-6-15(7-3-1)13-17-11-5-9-14-8-4-10-16-12-14/h1-3,6-7,9,16H,4-5,8,10-13H2/b14-9-. The van der Waals surface area contributed by atoms with Crippen molar-refractivity contribution in [3.63, 3.8) is 0 Å². The minimum atomic E-state index is 0.724. The Bertz CT molecular complexity index is 337. The first-order valence-electron chi connectivity index (χ1n) is 6.45. The third-order valence-corrected chi connectivity index (χ3v) is 3.01. The van der Waals surface area contributed by atoms with E-state index in [1.165, 1.54) is 24.9 Å². The molecule has 1 aliphatic heterocycles. The Morgan fingerprint density at radius 1 is 1.24 bits per heavy atom. The molecule has 0 saturated carbocycles. The molecule has 0 spiro atoms. The van der Waals surface area contributed by atoms with Gasteiger partial charge in [0.15, 0.2) is 0 Å². The molecule has 0 aliphatic carbocycles. The highest BCUT2D eigenvalue weighted by Gasteiger charge is 2.02. The van der Waals surface area contributed by atoms with Crippen LogP contribution in [-0.2, 0) is 11.3 Å². The van der Waals surface area contributed by atoms with Crippen molar-refractivity contribution in [1.29, 1.82) is 0 Å². The predicted molar refractivity (Wildman–Crippen MR) is 70.9 cm³/mol. The Balaban J connectivity index is 1.60. The molecule has 17 heavy (non-hydrogen) atoms. The molecule has 92 valence electrons. The number of benzene rings is 1. The van der Waals surface area contributed by atoms with Crippen LogP contribution in [-0.4, -0.2) is 19.7 Å². The zero-order valence-corrected chi connectivity index (χ0v) is 10.3. The molecule has 1 heterocycles. The molecule has 2 nitrogen and oxygen atoms in total. The molecule has 0 amide bonds. The first-order chi connectivity index (χ1) is 8.45. The summed E-state index contributed by atoms with van der Waals surface area (Å²) in [5.41, 5.74) is 2.79. The van der Waals surface area contributed by atoms with Crippen molar-refractivity contribution in [2.75, 3.05) is 19.7 Å². The highest BCUT2D eigenvalue weighted by molar-refractivity contribution is 5.13. The van der Waals surface area contributed by atoms with Gasteiger partial charge in [-0.15, -0.1) is 0 Å². The van der Waals surface area contributed by atoms with Crippen LogP contribution >= 0.6 is 0 Å². The Hall–Kier alpha value is -1.12. The Morgan fingerprint density at radius 2 is 2.12 bits per heavy atom. The summed E-state index contributed by atoms with van der Waals surface area (Å²) in [4.78, 5) is 0. The van der Waals surface area contributed by atoms with E-state index >= 15 is 0 Å². The van der Waals surface area contributed by atoms with Gasteiger partial charge >= 0.3 is 0 Å². The van der Waals surface area contributed by atoms with Crippen molar-refractivity contribution in [2.45, 2.75) is 25.9 Å². The average molecular weight is 231 g/mol. The first kappa shape index (κ1) is 12.3. The van der Waals surface area contributed by atoms with Crippen molar-refractivity contribution >= 4 is 0 Å². The molecule has 0 bridgehead atoms. The molecule has 0 aromatic heterocycles. The average Bonchev–Trinajstić information content (AvgIpc) is 2.41. The zero-order chi connectivity index (χ0) is 11.8. The summed E-state index contributed by atoms with van der Waals surface area (Å²) in [6.45, 7) is 3.78. The lowest BCUT2D eigenvalue weighted by molar-refractivity contribution is 0.125. The highest BCUT2D eigenvalue weighted by atomic mass is 16.5. The monoisotopic (exact) mass is 231 g/mol. The summed E-state index contributed by atoms with van der Waals surface area (Å²) < 4.78 is 5.65. The third kappa shape index (κ3) is 4.72. The number of nitrogens with one attached hydrogen (secondary N) is 1. The molecule has 0 atom stereocenters. The van der Waals surface area contributed by atoms with Crippen LogP contribution in [0.1, 0.15) is 24.8 Å². The van der Waals surface area contributed by atoms with Gasteiger partial charge < -0.3 is 10.1 Å². The van der Waals surface area contributed by atoms with Gasteiger partial charge in [0.25, 0.3) is 0 Å². The second-order valence-corrected chi connectivity index (χ2v) is 4.47. The van der Waals surface area contributed by atoms with Gasteiger partial charge in [0.2, 0.25) is 0 Å². The molecule has 0 unspecified atom stereocenters. The van der Waals surface area contributed by atoms with Crippen molar-refractivity contribution in [3.05, 3.63) is 47.5 Å². The topological polar surface area (TPSA) is 21.3 Å². The highest BCUT2D eigenvalue weighted by Crippen LogP contribution is 2.09. The Labute approximate surface area is 104 Å². The summed E-state index contributed by atoms with van der Waals surface area (Å²) in [6.07, 6.45) is 5.89. The van der Waals surface area contributed by atoms with E-state index in [0.29, 0.717) is 0 Å². The smallest absolute Gasteiger partial charge is 0.0717 e. The fourth-order valence-corrected chi connectivity index (χ4v) is 2.06. The van der Waals surface area contributed by atoms with Crippen molar-refractivity contribution in [3.8, 4) is 0 Å². The van der Waals surface area contributed by atoms with Crippen LogP contribution < -0.4 is 5.32 Å². The number of ether oxygens (including phenoxy) is 1. The van der Waals surface area contributed by atoms with Crippen LogP contribution in [0.3, 0.4) is 0 Å². The maximum absolute atomic E-state index is 5.65. The van der Waals surface area contributed by atoms with E-state index in [1.54, 1.807) is 5.57 Å². The molecule has 1 N–H and O–H groups in total. The molecule has 0 radical (unpaired) electrons. The van der Waals surface area contributed by atoms with Gasteiger partial charge in [0.05, 0.1) is 13.2 Å². The molecule has 1 aromatic carbocycles. The third-order valence-electron chi connectivity index (χ3n) is 3.01. The van der Waals surface area contributed by atoms with Crippen molar-refractivity contribution in [1.82, 2.24) is 5.32 Å². The van der Waals surface area contributed by atoms with E-state index in [4.69, 9.17) is 4.74 Å². The van der Waals surface area contributed by atoms with Gasteiger partial charge in [-0.1, -0.05) is 42.0 Å². The summed E-state index contributed by atoms with van der Waals surface area (Å²) in [7, 11) is 0. The number of hydrogen-bond donors (Lipinski definition) is 1. The lowest BCUT2D eigenvalue weighted by Gasteiger charge is -2.15. The number of rotatable bonds is 5. The predicted octanol–water partition coefficient (Wildman–Crippen LogP) is 2.90. The van der Waals surface area contributed by atoms with Gasteiger partial charge in [-0.2, -0.15) is 0 Å². The van der Waals surface area contributed by atoms with Crippen LogP contribution in [0, 0.1) is 0 Å². The van der Waals surface area contributed by atoms with Crippen LogP contribution in [0.4, 0.5) is 0 Å². The molecular weight excluding hydrogens is 210 g/mol. The van der Waals surface area contributed by atoms with Gasteiger partial charge in [-0.25, -0.2) is 0 Å². The SMILES string of the molecule is C(/CCOCc1ccccc1)=C1\CCCNC1. The second kappa shape index (κ2) is 7.25. The quantitative estimate of drug-likeness (QED) is 0.621. The lowest BCUT2D eigenvalue weighted by Crippen LogP contribution is -2.23. The van der Waals surface area contributed by atoms with E-state index in [1.807, 2.05) is 18.2 Å². The maximum atomic E-state index is 5.65. The summed E-state index contributed by atoms with van der Waals surface area (Å²) in [5.74, 6) is 0. The van der Waals surface area contributed by atoms with E-state index in [2.05, 4.69) is 23.5 Å². The molecule has 2 rings (SSSR count). The molecule has 1 fully saturated rings. The van der Waals surface area contributed by atoms with Gasteiger partial charge in [0, 0.05) is 6.54 Å². The van der Waals surface area contributed by atoms with Crippen LogP contribution in [0.25, 0.3) is 0 Å². The van der Waals surface area contributed by atoms with Crippen LogP contribution in [0.5, 0.6) is 0 Å². The van der Waals surface area contributed by atoms with Crippen molar-refractivity contribution in [2.24, 2.45) is 0 Å². The minimum Gasteiger partial charge on any atom is -0.376 e. The van der Waals surface area contributed by atoms with Crippen LogP contribution in [0.15, 0.2) is 42.0 Å². The molecule has 1 saturated heterocycles. The molecule has 2 heteroatoms. The summed E-state index contributed by atoms with van der Waals surface area (Å²) in [6, 6.07) is 10.3. The van der Waals surface area contributed by atoms with E-state index in [-0.39, 0.29) is 0 Å². The normalized spacial score (nSPS) is 18.5. The minimum absolute atomic E-state index is 0.724. The second-order valence-electron chi connectivity index (χ2n) is 4.47. The Kier molecular flexibility index (Phi) is 5.27. The zero-order valence-electron chi connectivity index (χ0n) is 10.3. The largest absolute Gasteiger partial charge is 0.376 e. The maximum Gasteiger partial charge on any atom is 0.0717 e. The number of hydrogen-bond acceptors (Lipinski definition) is 2. The first-order valence-corrected chi connectivity index (χ1v) is 6.45. The molecule has 1 aromatic rings. The molecular formula is C15H21NO. The van der Waals surface area contributed by atoms with Gasteiger partial charge in [-0.3, -0.25) is 0 Å². The lowest BCUT2D eigenvalue weighted by atomic mass is 10.1.